The van der Waals surface area contributed by atoms with Crippen molar-refractivity contribution in [2.75, 3.05) is 0 Å². The van der Waals surface area contributed by atoms with Crippen molar-refractivity contribution in [1.82, 2.24) is 8.75 Å². The van der Waals surface area contributed by atoms with Crippen molar-refractivity contribution in [3.05, 3.63) is 46.8 Å². The topological polar surface area (TPSA) is 46.0 Å². The SMILES string of the molecule is Cc1ccc(C)c(C(O)c2cnsn2)c1. The maximum atomic E-state index is 10.1. The Labute approximate surface area is 92.7 Å². The average molecular weight is 220 g/mol. The summed E-state index contributed by atoms with van der Waals surface area (Å²) in [5, 5.41) is 10.1. The minimum atomic E-state index is -0.663. The van der Waals surface area contributed by atoms with E-state index in [0.717, 1.165) is 28.4 Å². The summed E-state index contributed by atoms with van der Waals surface area (Å²) < 4.78 is 7.94. The second kappa shape index (κ2) is 4.08. The molecule has 1 unspecified atom stereocenters. The van der Waals surface area contributed by atoms with Crippen LogP contribution in [0.3, 0.4) is 0 Å². The van der Waals surface area contributed by atoms with E-state index in [0.29, 0.717) is 5.69 Å². The Kier molecular flexibility index (Phi) is 2.79. The van der Waals surface area contributed by atoms with E-state index in [2.05, 4.69) is 8.75 Å². The van der Waals surface area contributed by atoms with Crippen molar-refractivity contribution < 1.29 is 5.11 Å². The Morgan fingerprint density at radius 2 is 2.13 bits per heavy atom. The van der Waals surface area contributed by atoms with Gasteiger partial charge in [-0.1, -0.05) is 23.8 Å². The first-order chi connectivity index (χ1) is 7.18. The Bertz CT molecular complexity index is 454. The molecule has 0 amide bonds. The highest BCUT2D eigenvalue weighted by atomic mass is 32.1. The van der Waals surface area contributed by atoms with Crippen molar-refractivity contribution in [2.45, 2.75) is 20.0 Å². The second-order valence-corrected chi connectivity index (χ2v) is 4.15. The van der Waals surface area contributed by atoms with Gasteiger partial charge in [0.15, 0.2) is 0 Å². The van der Waals surface area contributed by atoms with Gasteiger partial charge in [0.2, 0.25) is 0 Å². The molecule has 0 aliphatic rings. The summed E-state index contributed by atoms with van der Waals surface area (Å²) in [4.78, 5) is 0. The number of aliphatic hydroxyl groups is 1. The fourth-order valence-corrected chi connectivity index (χ4v) is 1.95. The number of aliphatic hydroxyl groups excluding tert-OH is 1. The summed E-state index contributed by atoms with van der Waals surface area (Å²) >= 11 is 1.11. The number of hydrogen-bond acceptors (Lipinski definition) is 4. The van der Waals surface area contributed by atoms with E-state index in [1.807, 2.05) is 32.0 Å². The van der Waals surface area contributed by atoms with Gasteiger partial charge < -0.3 is 5.11 Å². The van der Waals surface area contributed by atoms with Gasteiger partial charge in [0.1, 0.15) is 11.8 Å². The van der Waals surface area contributed by atoms with Crippen LogP contribution in [0, 0.1) is 13.8 Å². The predicted octanol–water partition coefficient (Wildman–Crippen LogP) is 2.24. The second-order valence-electron chi connectivity index (χ2n) is 3.59. The zero-order chi connectivity index (χ0) is 10.8. The fourth-order valence-electron chi connectivity index (χ4n) is 1.51. The van der Waals surface area contributed by atoms with Crippen molar-refractivity contribution in [3.8, 4) is 0 Å². The van der Waals surface area contributed by atoms with E-state index in [1.54, 1.807) is 6.20 Å². The highest BCUT2D eigenvalue weighted by Crippen LogP contribution is 2.24. The van der Waals surface area contributed by atoms with Crippen LogP contribution >= 0.6 is 11.7 Å². The monoisotopic (exact) mass is 220 g/mol. The minimum Gasteiger partial charge on any atom is -0.382 e. The molecule has 15 heavy (non-hydrogen) atoms. The van der Waals surface area contributed by atoms with E-state index in [9.17, 15) is 5.11 Å². The molecular formula is C11H12N2OS. The van der Waals surface area contributed by atoms with Crippen LogP contribution in [0.15, 0.2) is 24.4 Å². The van der Waals surface area contributed by atoms with Gasteiger partial charge in [-0.3, -0.25) is 0 Å². The lowest BCUT2D eigenvalue weighted by Crippen LogP contribution is -2.02. The molecular weight excluding hydrogens is 208 g/mol. The van der Waals surface area contributed by atoms with Gasteiger partial charge in [-0.05, 0) is 25.0 Å². The molecule has 0 spiro atoms. The number of benzene rings is 1. The molecule has 0 saturated carbocycles. The zero-order valence-electron chi connectivity index (χ0n) is 8.64. The van der Waals surface area contributed by atoms with Crippen molar-refractivity contribution >= 4 is 11.7 Å². The number of rotatable bonds is 2. The van der Waals surface area contributed by atoms with Gasteiger partial charge >= 0.3 is 0 Å². The first-order valence-electron chi connectivity index (χ1n) is 4.71. The molecule has 1 heterocycles. The minimum absolute atomic E-state index is 0.619. The molecule has 1 N–H and O–H groups in total. The molecule has 0 fully saturated rings. The largest absolute Gasteiger partial charge is 0.382 e. The molecule has 0 aliphatic heterocycles. The fraction of sp³-hybridized carbons (Fsp3) is 0.273. The van der Waals surface area contributed by atoms with Crippen LogP contribution in [-0.4, -0.2) is 13.9 Å². The summed E-state index contributed by atoms with van der Waals surface area (Å²) in [6, 6.07) is 6.03. The first kappa shape index (κ1) is 10.3. The Balaban J connectivity index is 2.41. The van der Waals surface area contributed by atoms with Gasteiger partial charge in [0, 0.05) is 0 Å². The van der Waals surface area contributed by atoms with Gasteiger partial charge in [0.05, 0.1) is 17.9 Å². The number of nitrogens with zero attached hydrogens (tertiary/aromatic N) is 2. The van der Waals surface area contributed by atoms with Gasteiger partial charge in [-0.2, -0.15) is 8.75 Å². The number of aryl methyl sites for hydroxylation is 2. The molecule has 3 nitrogen and oxygen atoms in total. The summed E-state index contributed by atoms with van der Waals surface area (Å²) in [6.45, 7) is 3.99. The number of aromatic nitrogens is 2. The van der Waals surface area contributed by atoms with Crippen molar-refractivity contribution in [2.24, 2.45) is 0 Å². The summed E-state index contributed by atoms with van der Waals surface area (Å²) in [5.41, 5.74) is 3.73. The summed E-state index contributed by atoms with van der Waals surface area (Å²) in [7, 11) is 0. The van der Waals surface area contributed by atoms with E-state index in [4.69, 9.17) is 0 Å². The Morgan fingerprint density at radius 3 is 2.80 bits per heavy atom. The van der Waals surface area contributed by atoms with Crippen LogP contribution in [0.2, 0.25) is 0 Å². The summed E-state index contributed by atoms with van der Waals surface area (Å²) in [5.74, 6) is 0. The molecule has 1 atom stereocenters. The van der Waals surface area contributed by atoms with Crippen LogP contribution in [0.5, 0.6) is 0 Å². The third kappa shape index (κ3) is 2.06. The number of hydrogen-bond donors (Lipinski definition) is 1. The molecule has 1 aromatic carbocycles. The zero-order valence-corrected chi connectivity index (χ0v) is 9.45. The van der Waals surface area contributed by atoms with Gasteiger partial charge in [0.25, 0.3) is 0 Å². The summed E-state index contributed by atoms with van der Waals surface area (Å²) in [6.07, 6.45) is 0.945. The van der Waals surface area contributed by atoms with E-state index in [-0.39, 0.29) is 0 Å². The van der Waals surface area contributed by atoms with Crippen LogP contribution in [-0.2, 0) is 0 Å². The quantitative estimate of drug-likeness (QED) is 0.844. The predicted molar refractivity (Wildman–Crippen MR) is 59.9 cm³/mol. The van der Waals surface area contributed by atoms with E-state index < -0.39 is 6.10 Å². The lowest BCUT2D eigenvalue weighted by molar-refractivity contribution is 0.215. The maximum absolute atomic E-state index is 10.1. The van der Waals surface area contributed by atoms with Crippen LogP contribution in [0.1, 0.15) is 28.5 Å². The van der Waals surface area contributed by atoms with Crippen molar-refractivity contribution in [1.29, 1.82) is 0 Å². The highest BCUT2D eigenvalue weighted by Gasteiger charge is 2.15. The Morgan fingerprint density at radius 1 is 1.33 bits per heavy atom. The molecule has 4 heteroatoms. The molecule has 2 aromatic rings. The van der Waals surface area contributed by atoms with Crippen LogP contribution in [0.25, 0.3) is 0 Å². The first-order valence-corrected chi connectivity index (χ1v) is 5.44. The van der Waals surface area contributed by atoms with Gasteiger partial charge in [-0.25, -0.2) is 0 Å². The van der Waals surface area contributed by atoms with Gasteiger partial charge in [-0.15, -0.1) is 0 Å². The maximum Gasteiger partial charge on any atom is 0.124 e. The van der Waals surface area contributed by atoms with Crippen molar-refractivity contribution in [3.63, 3.8) is 0 Å². The standard InChI is InChI=1S/C11H12N2OS/c1-7-3-4-8(2)9(5-7)11(14)10-6-12-15-13-10/h3-6,11,14H,1-2H3. The van der Waals surface area contributed by atoms with E-state index >= 15 is 0 Å². The molecule has 0 saturated heterocycles. The van der Waals surface area contributed by atoms with E-state index in [1.165, 1.54) is 0 Å². The molecule has 0 bridgehead atoms. The third-order valence-electron chi connectivity index (χ3n) is 2.39. The highest BCUT2D eigenvalue weighted by molar-refractivity contribution is 6.99. The molecule has 1 aromatic heterocycles. The lowest BCUT2D eigenvalue weighted by Gasteiger charge is -2.11. The Hall–Kier alpha value is -1.26. The molecule has 2 rings (SSSR count). The average Bonchev–Trinajstić information content (AvgIpc) is 2.74. The smallest absolute Gasteiger partial charge is 0.124 e. The molecule has 0 radical (unpaired) electrons. The molecule has 0 aliphatic carbocycles. The third-order valence-corrected chi connectivity index (χ3v) is 2.88. The van der Waals surface area contributed by atoms with Crippen LogP contribution in [0.4, 0.5) is 0 Å². The molecule has 78 valence electrons. The lowest BCUT2D eigenvalue weighted by atomic mass is 9.99. The normalized spacial score (nSPS) is 12.7. The van der Waals surface area contributed by atoms with Crippen LogP contribution < -0.4 is 0 Å².